The van der Waals surface area contributed by atoms with Crippen molar-refractivity contribution in [1.29, 1.82) is 0 Å². The van der Waals surface area contributed by atoms with Crippen molar-refractivity contribution in [2.45, 2.75) is 59.5 Å². The van der Waals surface area contributed by atoms with Crippen LogP contribution in [0.3, 0.4) is 0 Å². The van der Waals surface area contributed by atoms with Gasteiger partial charge in [-0.25, -0.2) is 0 Å². The van der Waals surface area contributed by atoms with E-state index in [2.05, 4.69) is 13.0 Å². The summed E-state index contributed by atoms with van der Waals surface area (Å²) in [5.74, 6) is 0. The second-order valence-electron chi connectivity index (χ2n) is 5.12. The fraction of sp³-hybridized carbons (Fsp3) is 0.714. The second-order valence-corrected chi connectivity index (χ2v) is 5.12. The van der Waals surface area contributed by atoms with Crippen LogP contribution in [0.2, 0.25) is 0 Å². The van der Waals surface area contributed by atoms with E-state index in [1.165, 1.54) is 19.3 Å². The van der Waals surface area contributed by atoms with Gasteiger partial charge in [0.25, 0.3) is 0 Å². The molecule has 0 amide bonds. The topological polar surface area (TPSA) is 20.2 Å². The molecule has 0 saturated carbocycles. The highest BCUT2D eigenvalue weighted by molar-refractivity contribution is 5.06. The first-order chi connectivity index (χ1) is 6.98. The van der Waals surface area contributed by atoms with Crippen LogP contribution in [0.15, 0.2) is 24.3 Å². The van der Waals surface area contributed by atoms with E-state index in [4.69, 9.17) is 0 Å². The van der Waals surface area contributed by atoms with E-state index in [0.29, 0.717) is 0 Å². The van der Waals surface area contributed by atoms with Crippen LogP contribution in [-0.2, 0) is 0 Å². The molecule has 1 N–H and O–H groups in total. The van der Waals surface area contributed by atoms with Crippen LogP contribution in [0.25, 0.3) is 0 Å². The third kappa shape index (κ3) is 8.44. The molecule has 0 aromatic rings. The largest absolute Gasteiger partial charge is 0.388 e. The van der Waals surface area contributed by atoms with Gasteiger partial charge in [-0.05, 0) is 18.3 Å². The van der Waals surface area contributed by atoms with E-state index in [1.807, 2.05) is 39.0 Å². The lowest BCUT2D eigenvalue weighted by molar-refractivity contribution is 0.105. The molecule has 0 aliphatic carbocycles. The Morgan fingerprint density at radius 3 is 2.33 bits per heavy atom. The first kappa shape index (κ1) is 14.4. The minimum Gasteiger partial charge on any atom is -0.388 e. The molecule has 1 nitrogen and oxygen atoms in total. The summed E-state index contributed by atoms with van der Waals surface area (Å²) in [6.45, 7) is 8.32. The van der Waals surface area contributed by atoms with E-state index >= 15 is 0 Å². The van der Waals surface area contributed by atoms with Gasteiger partial charge < -0.3 is 5.11 Å². The van der Waals surface area contributed by atoms with Crippen LogP contribution in [0.1, 0.15) is 53.4 Å². The molecule has 1 unspecified atom stereocenters. The van der Waals surface area contributed by atoms with Gasteiger partial charge in [-0.3, -0.25) is 0 Å². The molecule has 88 valence electrons. The van der Waals surface area contributed by atoms with Crippen LogP contribution >= 0.6 is 0 Å². The first-order valence-electron chi connectivity index (χ1n) is 6.00. The van der Waals surface area contributed by atoms with Gasteiger partial charge in [0.15, 0.2) is 0 Å². The van der Waals surface area contributed by atoms with Crippen LogP contribution in [0, 0.1) is 5.41 Å². The average molecular weight is 210 g/mol. The summed E-state index contributed by atoms with van der Waals surface area (Å²) in [6.07, 6.45) is 12.6. The first-order valence-corrected chi connectivity index (χ1v) is 6.00. The quantitative estimate of drug-likeness (QED) is 0.517. The average Bonchev–Trinajstić information content (AvgIpc) is 2.14. The van der Waals surface area contributed by atoms with Crippen LogP contribution in [0.4, 0.5) is 0 Å². The molecule has 0 saturated heterocycles. The zero-order valence-corrected chi connectivity index (χ0v) is 10.7. The third-order valence-corrected chi connectivity index (χ3v) is 2.40. The highest BCUT2D eigenvalue weighted by Gasteiger charge is 2.18. The minimum atomic E-state index is -0.363. The van der Waals surface area contributed by atoms with Gasteiger partial charge in [0.2, 0.25) is 0 Å². The SMILES string of the molecule is CCCCC/C=C/C=C\C(O)C(C)(C)C. The van der Waals surface area contributed by atoms with E-state index in [1.54, 1.807) is 0 Å². The number of hydrogen-bond acceptors (Lipinski definition) is 1. The molecule has 0 radical (unpaired) electrons. The van der Waals surface area contributed by atoms with Gasteiger partial charge in [0, 0.05) is 0 Å². The number of aliphatic hydroxyl groups excluding tert-OH is 1. The molecule has 0 aromatic carbocycles. The van der Waals surface area contributed by atoms with Crippen molar-refractivity contribution in [2.24, 2.45) is 5.41 Å². The maximum atomic E-state index is 9.71. The minimum absolute atomic E-state index is 0.0629. The fourth-order valence-corrected chi connectivity index (χ4v) is 1.15. The van der Waals surface area contributed by atoms with E-state index in [-0.39, 0.29) is 11.5 Å². The summed E-state index contributed by atoms with van der Waals surface area (Å²) in [5.41, 5.74) is -0.0629. The molecule has 0 rings (SSSR count). The van der Waals surface area contributed by atoms with E-state index < -0.39 is 0 Å². The second kappa shape index (κ2) is 7.70. The number of rotatable bonds is 6. The maximum Gasteiger partial charge on any atom is 0.0772 e. The smallest absolute Gasteiger partial charge is 0.0772 e. The lowest BCUT2D eigenvalue weighted by Crippen LogP contribution is -2.23. The third-order valence-electron chi connectivity index (χ3n) is 2.40. The number of unbranched alkanes of at least 4 members (excludes halogenated alkanes) is 3. The van der Waals surface area contributed by atoms with Gasteiger partial charge >= 0.3 is 0 Å². The Labute approximate surface area is 94.9 Å². The Bertz CT molecular complexity index is 196. The summed E-state index contributed by atoms with van der Waals surface area (Å²) in [7, 11) is 0. The summed E-state index contributed by atoms with van der Waals surface area (Å²) < 4.78 is 0. The lowest BCUT2D eigenvalue weighted by Gasteiger charge is -2.22. The Morgan fingerprint density at radius 1 is 1.13 bits per heavy atom. The van der Waals surface area contributed by atoms with E-state index in [9.17, 15) is 5.11 Å². The summed E-state index contributed by atoms with van der Waals surface area (Å²) in [5, 5.41) is 9.71. The van der Waals surface area contributed by atoms with Crippen molar-refractivity contribution in [2.75, 3.05) is 0 Å². The van der Waals surface area contributed by atoms with Gasteiger partial charge in [-0.15, -0.1) is 0 Å². The van der Waals surface area contributed by atoms with Crippen LogP contribution < -0.4 is 0 Å². The Balaban J connectivity index is 3.70. The van der Waals surface area contributed by atoms with Gasteiger partial charge in [-0.2, -0.15) is 0 Å². The Hall–Kier alpha value is -0.560. The standard InChI is InChI=1S/C14H26O/c1-5-6-7-8-9-10-11-12-13(15)14(2,3)4/h9-13,15H,5-8H2,1-4H3/b10-9+,12-11-. The molecule has 1 heteroatoms. The van der Waals surface area contributed by atoms with Gasteiger partial charge in [-0.1, -0.05) is 64.8 Å². The summed E-state index contributed by atoms with van der Waals surface area (Å²) in [4.78, 5) is 0. The van der Waals surface area contributed by atoms with Crippen LogP contribution in [0.5, 0.6) is 0 Å². The maximum absolute atomic E-state index is 9.71. The molecular weight excluding hydrogens is 184 g/mol. The monoisotopic (exact) mass is 210 g/mol. The molecule has 15 heavy (non-hydrogen) atoms. The molecule has 0 bridgehead atoms. The lowest BCUT2D eigenvalue weighted by atomic mass is 9.89. The van der Waals surface area contributed by atoms with Gasteiger partial charge in [0.1, 0.15) is 0 Å². The highest BCUT2D eigenvalue weighted by Crippen LogP contribution is 2.19. The van der Waals surface area contributed by atoms with Crippen molar-refractivity contribution < 1.29 is 5.11 Å². The van der Waals surface area contributed by atoms with Crippen molar-refractivity contribution in [3.8, 4) is 0 Å². The predicted molar refractivity (Wildman–Crippen MR) is 67.9 cm³/mol. The summed E-state index contributed by atoms with van der Waals surface area (Å²) >= 11 is 0. The molecular formula is C14H26O. The number of allylic oxidation sites excluding steroid dienone is 3. The molecule has 0 heterocycles. The fourth-order valence-electron chi connectivity index (χ4n) is 1.15. The number of hydrogen-bond donors (Lipinski definition) is 1. The zero-order chi connectivity index (χ0) is 11.7. The van der Waals surface area contributed by atoms with Crippen LogP contribution in [-0.4, -0.2) is 11.2 Å². The molecule has 0 spiro atoms. The molecule has 0 aromatic heterocycles. The molecule has 1 atom stereocenters. The molecule has 0 fully saturated rings. The van der Waals surface area contributed by atoms with Crippen molar-refractivity contribution in [3.05, 3.63) is 24.3 Å². The van der Waals surface area contributed by atoms with E-state index in [0.717, 1.165) is 6.42 Å². The Kier molecular flexibility index (Phi) is 7.41. The molecule has 0 aliphatic heterocycles. The molecule has 0 aliphatic rings. The normalized spacial score (nSPS) is 15.3. The Morgan fingerprint density at radius 2 is 1.80 bits per heavy atom. The van der Waals surface area contributed by atoms with Crippen molar-refractivity contribution >= 4 is 0 Å². The van der Waals surface area contributed by atoms with Crippen molar-refractivity contribution in [1.82, 2.24) is 0 Å². The predicted octanol–water partition coefficient (Wildman–Crippen LogP) is 4.09. The zero-order valence-electron chi connectivity index (χ0n) is 10.7. The number of aliphatic hydroxyl groups is 1. The highest BCUT2D eigenvalue weighted by atomic mass is 16.3. The summed E-state index contributed by atoms with van der Waals surface area (Å²) in [6, 6.07) is 0. The van der Waals surface area contributed by atoms with Gasteiger partial charge in [0.05, 0.1) is 6.10 Å². The van der Waals surface area contributed by atoms with Crippen molar-refractivity contribution in [3.63, 3.8) is 0 Å².